The van der Waals surface area contributed by atoms with Gasteiger partial charge in [-0.25, -0.2) is 8.78 Å². The summed E-state index contributed by atoms with van der Waals surface area (Å²) in [6, 6.07) is 0. The largest absolute Gasteiger partial charge is 0.247 e. The Morgan fingerprint density at radius 3 is 2.82 bits per heavy atom. The molecular weight excluding hydrogens is 146 g/mol. The van der Waals surface area contributed by atoms with Gasteiger partial charge in [0, 0.05) is 6.42 Å². The second-order valence-corrected chi connectivity index (χ2v) is 3.45. The molecule has 0 spiro atoms. The van der Waals surface area contributed by atoms with Gasteiger partial charge in [-0.05, 0) is 25.7 Å². The van der Waals surface area contributed by atoms with Crippen molar-refractivity contribution in [2.75, 3.05) is 0 Å². The molecule has 0 bridgehead atoms. The summed E-state index contributed by atoms with van der Waals surface area (Å²) in [6.07, 6.45) is 1.95. The van der Waals surface area contributed by atoms with E-state index >= 15 is 0 Å². The van der Waals surface area contributed by atoms with E-state index in [-0.39, 0.29) is 6.42 Å². The van der Waals surface area contributed by atoms with Gasteiger partial charge in [-0.15, -0.1) is 0 Å². The molecule has 0 aromatic rings. The van der Waals surface area contributed by atoms with E-state index in [0.717, 1.165) is 0 Å². The smallest absolute Gasteiger partial charge is 0.113 e. The Kier molecular flexibility index (Phi) is 2.85. The molecule has 0 aliphatic heterocycles. The zero-order valence-corrected chi connectivity index (χ0v) is 6.78. The molecule has 0 aromatic carbocycles. The van der Waals surface area contributed by atoms with Crippen LogP contribution in [-0.4, -0.2) is 11.8 Å². The number of rotatable bonds is 2. The van der Waals surface area contributed by atoms with Crippen LogP contribution in [0.1, 0.15) is 38.5 Å². The molecule has 65 valence electrons. The van der Waals surface area contributed by atoms with E-state index in [2.05, 4.69) is 6.92 Å². The van der Waals surface area contributed by atoms with Gasteiger partial charge in [0.05, 0.1) is 0 Å². The third-order valence-electron chi connectivity index (χ3n) is 2.35. The second kappa shape index (κ2) is 3.51. The molecule has 2 atom stereocenters. The lowest BCUT2D eigenvalue weighted by Crippen LogP contribution is -2.31. The predicted molar refractivity (Wildman–Crippen MR) is 41.8 cm³/mol. The first-order valence-corrected chi connectivity index (χ1v) is 4.28. The summed E-state index contributed by atoms with van der Waals surface area (Å²) in [4.78, 5) is 0. The van der Waals surface area contributed by atoms with E-state index in [0.29, 0.717) is 32.1 Å². The van der Waals surface area contributed by atoms with E-state index in [1.165, 1.54) is 0 Å². The Labute approximate surface area is 67.0 Å². The molecule has 1 rings (SSSR count). The average Bonchev–Trinajstić information content (AvgIpc) is 1.86. The van der Waals surface area contributed by atoms with E-state index in [1.54, 1.807) is 0 Å². The normalized spacial score (nSPS) is 39.0. The van der Waals surface area contributed by atoms with Crippen molar-refractivity contribution in [1.29, 1.82) is 0 Å². The van der Waals surface area contributed by atoms with Crippen molar-refractivity contribution in [1.82, 2.24) is 0 Å². The van der Waals surface area contributed by atoms with Gasteiger partial charge >= 0.3 is 0 Å². The Balaban J connectivity index is 2.41. The maximum absolute atomic E-state index is 13.5. The van der Waals surface area contributed by atoms with Crippen molar-refractivity contribution >= 4 is 0 Å². The molecule has 1 fully saturated rings. The summed E-state index contributed by atoms with van der Waals surface area (Å²) in [5.41, 5.74) is -1.24. The molecule has 2 heteroatoms. The van der Waals surface area contributed by atoms with Crippen LogP contribution in [0.5, 0.6) is 0 Å². The monoisotopic (exact) mass is 161 g/mol. The fraction of sp³-hybridized carbons (Fsp3) is 0.889. The molecule has 0 aromatic heterocycles. The lowest BCUT2D eigenvalue weighted by atomic mass is 9.82. The van der Waals surface area contributed by atoms with Gasteiger partial charge in [0.15, 0.2) is 0 Å². The quantitative estimate of drug-likeness (QED) is 0.583. The Bertz CT molecular complexity index is 121. The summed E-state index contributed by atoms with van der Waals surface area (Å²) in [5.74, 6) is 0. The Morgan fingerprint density at radius 2 is 2.27 bits per heavy atom. The maximum Gasteiger partial charge on any atom is 0.113 e. The highest BCUT2D eigenvalue weighted by Gasteiger charge is 2.35. The highest BCUT2D eigenvalue weighted by atomic mass is 19.2. The minimum Gasteiger partial charge on any atom is -0.247 e. The highest BCUT2D eigenvalue weighted by molar-refractivity contribution is 4.86. The second-order valence-electron chi connectivity index (χ2n) is 3.45. The van der Waals surface area contributed by atoms with Crippen molar-refractivity contribution < 1.29 is 8.78 Å². The van der Waals surface area contributed by atoms with Crippen LogP contribution >= 0.6 is 0 Å². The summed E-state index contributed by atoms with van der Waals surface area (Å²) in [5, 5.41) is 0. The molecule has 0 heterocycles. The van der Waals surface area contributed by atoms with Crippen molar-refractivity contribution in [3.05, 3.63) is 6.92 Å². The van der Waals surface area contributed by atoms with Crippen molar-refractivity contribution in [2.45, 2.75) is 50.4 Å². The molecule has 0 nitrogen and oxygen atoms in total. The van der Waals surface area contributed by atoms with Gasteiger partial charge in [-0.1, -0.05) is 13.3 Å². The topological polar surface area (TPSA) is 0 Å². The molecule has 2 unspecified atom stereocenters. The van der Waals surface area contributed by atoms with E-state index in [4.69, 9.17) is 0 Å². The van der Waals surface area contributed by atoms with Crippen LogP contribution in [0, 0.1) is 6.92 Å². The third-order valence-corrected chi connectivity index (χ3v) is 2.35. The van der Waals surface area contributed by atoms with E-state index in [1.807, 2.05) is 0 Å². The summed E-state index contributed by atoms with van der Waals surface area (Å²) < 4.78 is 26.3. The van der Waals surface area contributed by atoms with E-state index < -0.39 is 11.8 Å². The molecular formula is C9H15F2. The lowest BCUT2D eigenvalue weighted by Gasteiger charge is -2.31. The van der Waals surface area contributed by atoms with Crippen LogP contribution in [0.15, 0.2) is 0 Å². The molecule has 1 radical (unpaired) electrons. The Morgan fingerprint density at radius 1 is 1.55 bits per heavy atom. The van der Waals surface area contributed by atoms with Gasteiger partial charge in [-0.2, -0.15) is 0 Å². The SMILES string of the molecule is [CH2]CCC1(F)CCCC(F)C1. The van der Waals surface area contributed by atoms with Crippen LogP contribution in [0.25, 0.3) is 0 Å². The molecule has 0 N–H and O–H groups in total. The summed E-state index contributed by atoms with van der Waals surface area (Å²) in [7, 11) is 0. The molecule has 0 amide bonds. The molecule has 1 saturated carbocycles. The fourth-order valence-electron chi connectivity index (χ4n) is 1.79. The van der Waals surface area contributed by atoms with Gasteiger partial charge in [0.1, 0.15) is 11.8 Å². The molecule has 11 heavy (non-hydrogen) atoms. The lowest BCUT2D eigenvalue weighted by molar-refractivity contribution is 0.0514. The van der Waals surface area contributed by atoms with Crippen LogP contribution in [0.3, 0.4) is 0 Å². The van der Waals surface area contributed by atoms with Gasteiger partial charge in [0.2, 0.25) is 0 Å². The third kappa shape index (κ3) is 2.42. The predicted octanol–water partition coefficient (Wildman–Crippen LogP) is 3.22. The van der Waals surface area contributed by atoms with E-state index in [9.17, 15) is 8.78 Å². The maximum atomic E-state index is 13.5. The fourth-order valence-corrected chi connectivity index (χ4v) is 1.79. The van der Waals surface area contributed by atoms with Crippen LogP contribution in [-0.2, 0) is 0 Å². The zero-order valence-electron chi connectivity index (χ0n) is 6.78. The average molecular weight is 161 g/mol. The Hall–Kier alpha value is -0.140. The minimum absolute atomic E-state index is 0.0997. The molecule has 1 aliphatic carbocycles. The zero-order chi connectivity index (χ0) is 8.32. The van der Waals surface area contributed by atoms with Gasteiger partial charge in [0.25, 0.3) is 0 Å². The highest BCUT2D eigenvalue weighted by Crippen LogP contribution is 2.36. The van der Waals surface area contributed by atoms with Crippen molar-refractivity contribution in [2.24, 2.45) is 0 Å². The summed E-state index contributed by atoms with van der Waals surface area (Å²) in [6.45, 7) is 3.59. The van der Waals surface area contributed by atoms with Crippen LogP contribution < -0.4 is 0 Å². The number of alkyl halides is 2. The van der Waals surface area contributed by atoms with Crippen LogP contribution in [0.4, 0.5) is 8.78 Å². The number of hydrogen-bond donors (Lipinski definition) is 0. The minimum atomic E-state index is -1.24. The first-order valence-electron chi connectivity index (χ1n) is 4.28. The van der Waals surface area contributed by atoms with Gasteiger partial charge in [-0.3, -0.25) is 0 Å². The van der Waals surface area contributed by atoms with Gasteiger partial charge < -0.3 is 0 Å². The summed E-state index contributed by atoms with van der Waals surface area (Å²) >= 11 is 0. The van der Waals surface area contributed by atoms with Crippen molar-refractivity contribution in [3.8, 4) is 0 Å². The number of hydrogen-bond acceptors (Lipinski definition) is 0. The molecule has 1 aliphatic rings. The number of halogens is 2. The first kappa shape index (κ1) is 8.95. The first-order chi connectivity index (χ1) is 5.16. The standard InChI is InChI=1S/C9H15F2/c1-2-5-9(11)6-3-4-8(10)7-9/h8H,1-7H2. The van der Waals surface area contributed by atoms with Crippen molar-refractivity contribution in [3.63, 3.8) is 0 Å². The molecule has 0 saturated heterocycles. The van der Waals surface area contributed by atoms with Crippen LogP contribution in [0.2, 0.25) is 0 Å².